The zero-order valence-corrected chi connectivity index (χ0v) is 8.24. The Morgan fingerprint density at radius 2 is 1.75 bits per heavy atom. The van der Waals surface area contributed by atoms with E-state index in [0.29, 0.717) is 5.88 Å². The van der Waals surface area contributed by atoms with Crippen LogP contribution in [0.4, 0.5) is 0 Å². The van der Waals surface area contributed by atoms with Crippen LogP contribution in [0.3, 0.4) is 0 Å². The Morgan fingerprint density at radius 1 is 1.17 bits per heavy atom. The maximum Gasteiger partial charge on any atom is 0.0690 e. The first kappa shape index (κ1) is 9.86. The molecule has 1 rings (SSSR count). The molecule has 0 atom stereocenters. The van der Waals surface area contributed by atoms with Crippen molar-refractivity contribution in [1.82, 2.24) is 0 Å². The van der Waals surface area contributed by atoms with E-state index in [1.54, 1.807) is 0 Å². The zero-order chi connectivity index (χ0) is 8.86. The van der Waals surface area contributed by atoms with Gasteiger partial charge in [-0.1, -0.05) is 25.7 Å². The summed E-state index contributed by atoms with van der Waals surface area (Å²) in [6.07, 6.45) is 8.03. The van der Waals surface area contributed by atoms with Crippen molar-refractivity contribution in [3.05, 3.63) is 0 Å². The molecule has 12 heavy (non-hydrogen) atoms. The van der Waals surface area contributed by atoms with Gasteiger partial charge in [0, 0.05) is 5.88 Å². The van der Waals surface area contributed by atoms with Gasteiger partial charge >= 0.3 is 0 Å². The molecule has 68 valence electrons. The first-order chi connectivity index (χ1) is 5.83. The normalized spacial score (nSPS) is 22.7. The number of rotatable bonds is 2. The maximum absolute atomic E-state index is 9.09. The minimum Gasteiger partial charge on any atom is -0.198 e. The van der Waals surface area contributed by atoms with Crippen LogP contribution in [0.15, 0.2) is 0 Å². The number of nitriles is 1. The molecule has 0 unspecified atom stereocenters. The van der Waals surface area contributed by atoms with Gasteiger partial charge in [-0.15, -0.1) is 11.6 Å². The van der Waals surface area contributed by atoms with Crippen LogP contribution >= 0.6 is 11.6 Å². The highest BCUT2D eigenvalue weighted by atomic mass is 35.5. The summed E-state index contributed by atoms with van der Waals surface area (Å²) in [5.41, 5.74) is -0.0712. The largest absolute Gasteiger partial charge is 0.198 e. The van der Waals surface area contributed by atoms with Crippen LogP contribution in [-0.4, -0.2) is 5.88 Å². The first-order valence-corrected chi connectivity index (χ1v) is 5.34. The molecule has 0 aliphatic heterocycles. The predicted molar refractivity (Wildman–Crippen MR) is 51.1 cm³/mol. The second-order valence-electron chi connectivity index (χ2n) is 3.75. The van der Waals surface area contributed by atoms with Crippen molar-refractivity contribution in [3.8, 4) is 6.07 Å². The molecule has 0 aromatic rings. The van der Waals surface area contributed by atoms with Gasteiger partial charge in [-0.3, -0.25) is 0 Å². The standard InChI is InChI=1S/C10H16ClN/c11-8-7-10(9-12)5-3-1-2-4-6-10/h1-8H2. The van der Waals surface area contributed by atoms with Gasteiger partial charge in [-0.2, -0.15) is 5.26 Å². The van der Waals surface area contributed by atoms with Crippen molar-refractivity contribution in [2.24, 2.45) is 5.41 Å². The molecule has 0 N–H and O–H groups in total. The van der Waals surface area contributed by atoms with Crippen LogP contribution in [-0.2, 0) is 0 Å². The van der Waals surface area contributed by atoms with Crippen molar-refractivity contribution in [1.29, 1.82) is 5.26 Å². The number of halogens is 1. The molecule has 0 radical (unpaired) electrons. The SMILES string of the molecule is N#CC1(CCCl)CCCCCC1. The molecule has 2 heteroatoms. The maximum atomic E-state index is 9.09. The molecule has 0 aromatic carbocycles. The van der Waals surface area contributed by atoms with Crippen LogP contribution in [0.5, 0.6) is 0 Å². The summed E-state index contributed by atoms with van der Waals surface area (Å²) < 4.78 is 0. The highest BCUT2D eigenvalue weighted by Gasteiger charge is 2.29. The van der Waals surface area contributed by atoms with E-state index in [2.05, 4.69) is 6.07 Å². The quantitative estimate of drug-likeness (QED) is 0.477. The number of hydrogen-bond donors (Lipinski definition) is 0. The van der Waals surface area contributed by atoms with E-state index in [1.165, 1.54) is 25.7 Å². The Balaban J connectivity index is 2.56. The van der Waals surface area contributed by atoms with Gasteiger partial charge in [0.25, 0.3) is 0 Å². The third-order valence-corrected chi connectivity index (χ3v) is 3.06. The van der Waals surface area contributed by atoms with Gasteiger partial charge in [0.05, 0.1) is 11.5 Å². The van der Waals surface area contributed by atoms with Crippen LogP contribution in [0.25, 0.3) is 0 Å². The fourth-order valence-electron chi connectivity index (χ4n) is 2.00. The van der Waals surface area contributed by atoms with E-state index >= 15 is 0 Å². The Bertz CT molecular complexity index is 163. The van der Waals surface area contributed by atoms with Gasteiger partial charge in [0.1, 0.15) is 0 Å². The Labute approximate surface area is 79.7 Å². The Kier molecular flexibility index (Phi) is 3.88. The lowest BCUT2D eigenvalue weighted by Crippen LogP contribution is -2.17. The van der Waals surface area contributed by atoms with Crippen molar-refractivity contribution in [2.45, 2.75) is 44.9 Å². The summed E-state index contributed by atoms with van der Waals surface area (Å²) >= 11 is 5.71. The van der Waals surface area contributed by atoms with E-state index in [4.69, 9.17) is 16.9 Å². The lowest BCUT2D eigenvalue weighted by Gasteiger charge is -2.23. The molecular formula is C10H16ClN. The molecular weight excluding hydrogens is 170 g/mol. The zero-order valence-electron chi connectivity index (χ0n) is 7.48. The molecule has 1 fully saturated rings. The predicted octanol–water partition coefficient (Wildman–Crippen LogP) is 3.48. The topological polar surface area (TPSA) is 23.8 Å². The highest BCUT2D eigenvalue weighted by molar-refractivity contribution is 6.17. The van der Waals surface area contributed by atoms with Gasteiger partial charge in [0.2, 0.25) is 0 Å². The number of alkyl halides is 1. The minimum absolute atomic E-state index is 0.0712. The summed E-state index contributed by atoms with van der Waals surface area (Å²) in [5.74, 6) is 0.633. The third-order valence-electron chi connectivity index (χ3n) is 2.87. The van der Waals surface area contributed by atoms with E-state index in [9.17, 15) is 0 Å². The van der Waals surface area contributed by atoms with Gasteiger partial charge in [0.15, 0.2) is 0 Å². The summed E-state index contributed by atoms with van der Waals surface area (Å²) in [7, 11) is 0. The molecule has 0 saturated heterocycles. The molecule has 1 aliphatic rings. The smallest absolute Gasteiger partial charge is 0.0690 e. The summed E-state index contributed by atoms with van der Waals surface area (Å²) in [6.45, 7) is 0. The Morgan fingerprint density at radius 3 is 2.17 bits per heavy atom. The molecule has 1 aliphatic carbocycles. The van der Waals surface area contributed by atoms with Crippen molar-refractivity contribution in [3.63, 3.8) is 0 Å². The van der Waals surface area contributed by atoms with Crippen molar-refractivity contribution >= 4 is 11.6 Å². The molecule has 0 spiro atoms. The van der Waals surface area contributed by atoms with E-state index in [1.807, 2.05) is 0 Å². The van der Waals surface area contributed by atoms with Crippen LogP contribution in [0.2, 0.25) is 0 Å². The molecule has 0 amide bonds. The Hall–Kier alpha value is -0.220. The second-order valence-corrected chi connectivity index (χ2v) is 4.12. The fraction of sp³-hybridized carbons (Fsp3) is 0.900. The van der Waals surface area contributed by atoms with Gasteiger partial charge < -0.3 is 0 Å². The minimum atomic E-state index is -0.0712. The van der Waals surface area contributed by atoms with Crippen molar-refractivity contribution in [2.75, 3.05) is 5.88 Å². The molecule has 0 heterocycles. The summed E-state index contributed by atoms with van der Waals surface area (Å²) in [6, 6.07) is 2.47. The molecule has 1 nitrogen and oxygen atoms in total. The van der Waals surface area contributed by atoms with E-state index in [0.717, 1.165) is 19.3 Å². The number of nitrogens with zero attached hydrogens (tertiary/aromatic N) is 1. The van der Waals surface area contributed by atoms with E-state index < -0.39 is 0 Å². The van der Waals surface area contributed by atoms with Gasteiger partial charge in [-0.05, 0) is 19.3 Å². The molecule has 1 saturated carbocycles. The third kappa shape index (κ3) is 2.38. The lowest BCUT2D eigenvalue weighted by atomic mass is 9.79. The number of hydrogen-bond acceptors (Lipinski definition) is 1. The van der Waals surface area contributed by atoms with Crippen LogP contribution in [0, 0.1) is 16.7 Å². The monoisotopic (exact) mass is 185 g/mol. The van der Waals surface area contributed by atoms with Crippen molar-refractivity contribution < 1.29 is 0 Å². The average Bonchev–Trinajstić information content (AvgIpc) is 2.32. The van der Waals surface area contributed by atoms with Gasteiger partial charge in [-0.25, -0.2) is 0 Å². The average molecular weight is 186 g/mol. The van der Waals surface area contributed by atoms with E-state index in [-0.39, 0.29) is 5.41 Å². The fourth-order valence-corrected chi connectivity index (χ4v) is 2.37. The highest BCUT2D eigenvalue weighted by Crippen LogP contribution is 2.37. The first-order valence-electron chi connectivity index (χ1n) is 4.80. The van der Waals surface area contributed by atoms with Crippen LogP contribution < -0.4 is 0 Å². The summed E-state index contributed by atoms with van der Waals surface area (Å²) in [4.78, 5) is 0. The lowest BCUT2D eigenvalue weighted by molar-refractivity contribution is 0.331. The summed E-state index contributed by atoms with van der Waals surface area (Å²) in [5, 5.41) is 9.09. The second kappa shape index (κ2) is 4.72. The molecule has 0 aromatic heterocycles. The molecule has 0 bridgehead atoms. The van der Waals surface area contributed by atoms with Crippen LogP contribution in [0.1, 0.15) is 44.9 Å².